The number of amides is 3. The molecule has 0 saturated heterocycles. The fraction of sp³-hybridized carbons (Fsp3) is 0.258. The van der Waals surface area contributed by atoms with E-state index in [1.54, 1.807) is 43.3 Å². The van der Waals surface area contributed by atoms with Crippen molar-refractivity contribution in [3.05, 3.63) is 87.4 Å². The minimum Gasteiger partial charge on any atom is -0.490 e. The van der Waals surface area contributed by atoms with E-state index in [1.165, 1.54) is 30.5 Å². The monoisotopic (exact) mass is 624 g/mol. The van der Waals surface area contributed by atoms with Gasteiger partial charge < -0.3 is 20.1 Å². The van der Waals surface area contributed by atoms with Crippen LogP contribution >= 0.6 is 23.2 Å². The number of carbonyl (C=O) groups is 4. The summed E-state index contributed by atoms with van der Waals surface area (Å²) in [6.45, 7) is 2.04. The van der Waals surface area contributed by atoms with Gasteiger partial charge in [0.15, 0.2) is 11.5 Å². The maximum Gasteiger partial charge on any atom is 0.345 e. The summed E-state index contributed by atoms with van der Waals surface area (Å²) in [6.07, 6.45) is 6.41. The summed E-state index contributed by atoms with van der Waals surface area (Å²) in [6, 6.07) is 15.6. The number of halogens is 2. The van der Waals surface area contributed by atoms with Crippen molar-refractivity contribution in [2.75, 3.05) is 11.9 Å². The summed E-state index contributed by atoms with van der Waals surface area (Å²) in [4.78, 5) is 50.5. The molecule has 1 fully saturated rings. The first-order valence-corrected chi connectivity index (χ1v) is 14.5. The lowest BCUT2D eigenvalue weighted by molar-refractivity contribution is -0.136. The molecule has 43 heavy (non-hydrogen) atoms. The number of benzene rings is 3. The van der Waals surface area contributed by atoms with Crippen LogP contribution in [0.25, 0.3) is 0 Å². The second-order valence-electron chi connectivity index (χ2n) is 9.66. The van der Waals surface area contributed by atoms with Gasteiger partial charge in [0.05, 0.1) is 34.7 Å². The van der Waals surface area contributed by atoms with Gasteiger partial charge in [-0.25, -0.2) is 10.2 Å². The highest BCUT2D eigenvalue weighted by molar-refractivity contribution is 6.40. The van der Waals surface area contributed by atoms with Crippen LogP contribution in [0.4, 0.5) is 5.69 Å². The van der Waals surface area contributed by atoms with Gasteiger partial charge >= 0.3 is 17.8 Å². The molecule has 12 heteroatoms. The summed E-state index contributed by atoms with van der Waals surface area (Å²) >= 11 is 12.0. The van der Waals surface area contributed by atoms with Crippen molar-refractivity contribution in [2.45, 2.75) is 45.1 Å². The molecule has 0 spiro atoms. The summed E-state index contributed by atoms with van der Waals surface area (Å²) in [5, 5.41) is 9.85. The van der Waals surface area contributed by atoms with Crippen LogP contribution in [0.1, 0.15) is 65.3 Å². The molecule has 0 bridgehead atoms. The van der Waals surface area contributed by atoms with Crippen molar-refractivity contribution in [1.29, 1.82) is 0 Å². The van der Waals surface area contributed by atoms with E-state index in [0.717, 1.165) is 32.1 Å². The predicted molar refractivity (Wildman–Crippen MR) is 164 cm³/mol. The number of nitrogens with one attached hydrogen (secondary N) is 3. The Morgan fingerprint density at radius 1 is 0.907 bits per heavy atom. The quantitative estimate of drug-likeness (QED) is 0.0910. The SMILES string of the molecule is CCOc1cc(/C=N/NC(=O)C(=O)Nc2ccccc2C(=O)NC2CCCCC2)ccc1OC(=O)c1ccc(Cl)cc1Cl. The lowest BCUT2D eigenvalue weighted by Gasteiger charge is -2.23. The zero-order valence-electron chi connectivity index (χ0n) is 23.3. The first kappa shape index (κ1) is 31.5. The molecule has 1 aliphatic carbocycles. The number of rotatable bonds is 9. The lowest BCUT2D eigenvalue weighted by Crippen LogP contribution is -2.37. The van der Waals surface area contributed by atoms with Crippen molar-refractivity contribution >= 4 is 58.8 Å². The number of hydrogen-bond donors (Lipinski definition) is 3. The van der Waals surface area contributed by atoms with E-state index in [-0.39, 0.29) is 51.9 Å². The number of hydrazone groups is 1. The zero-order valence-corrected chi connectivity index (χ0v) is 24.8. The minimum absolute atomic E-state index is 0.0916. The average Bonchev–Trinajstić information content (AvgIpc) is 2.99. The normalized spacial score (nSPS) is 13.3. The average molecular weight is 626 g/mol. The van der Waals surface area contributed by atoms with Gasteiger partial charge in [0.2, 0.25) is 0 Å². The molecule has 4 rings (SSSR count). The number of esters is 1. The van der Waals surface area contributed by atoms with E-state index in [1.807, 2.05) is 0 Å². The van der Waals surface area contributed by atoms with E-state index in [0.29, 0.717) is 10.6 Å². The standard InChI is InChI=1S/C31H30Cl2N4O6/c1-2-42-27-16-19(12-15-26(27)43-31(41)22-14-13-20(32)17-24(22)33)18-34-37-30(40)29(39)36-25-11-7-6-10-23(25)28(38)35-21-8-4-3-5-9-21/h6-7,10-18,21H,2-5,8-9H2,1H3,(H,35,38)(H,36,39)(H,37,40)/b34-18+. The maximum absolute atomic E-state index is 12.8. The summed E-state index contributed by atoms with van der Waals surface area (Å²) < 4.78 is 11.1. The molecule has 0 aromatic heterocycles. The number of nitrogens with zero attached hydrogens (tertiary/aromatic N) is 1. The third-order valence-electron chi connectivity index (χ3n) is 6.57. The molecule has 3 amide bonds. The number of anilines is 1. The zero-order chi connectivity index (χ0) is 30.8. The highest BCUT2D eigenvalue weighted by Crippen LogP contribution is 2.30. The van der Waals surface area contributed by atoms with Crippen LogP contribution in [0.3, 0.4) is 0 Å². The number of para-hydroxylation sites is 1. The third-order valence-corrected chi connectivity index (χ3v) is 7.12. The molecule has 0 aliphatic heterocycles. The molecule has 1 saturated carbocycles. The first-order chi connectivity index (χ1) is 20.7. The summed E-state index contributed by atoms with van der Waals surface area (Å²) in [7, 11) is 0. The fourth-order valence-corrected chi connectivity index (χ4v) is 4.95. The third kappa shape index (κ3) is 8.79. The second-order valence-corrected chi connectivity index (χ2v) is 10.5. The summed E-state index contributed by atoms with van der Waals surface area (Å²) in [5.41, 5.74) is 3.26. The molecular formula is C31H30Cl2N4O6. The van der Waals surface area contributed by atoms with E-state index in [9.17, 15) is 19.2 Å². The molecule has 224 valence electrons. The highest BCUT2D eigenvalue weighted by Gasteiger charge is 2.21. The summed E-state index contributed by atoms with van der Waals surface area (Å²) in [5.74, 6) is -2.64. The predicted octanol–water partition coefficient (Wildman–Crippen LogP) is 5.76. The molecule has 3 aromatic rings. The Hall–Kier alpha value is -4.41. The Labute approximate surface area is 258 Å². The Balaban J connectivity index is 1.36. The molecule has 0 heterocycles. The van der Waals surface area contributed by atoms with Crippen LogP contribution in [0.15, 0.2) is 65.8 Å². The van der Waals surface area contributed by atoms with E-state index < -0.39 is 17.8 Å². The molecule has 0 atom stereocenters. The first-order valence-electron chi connectivity index (χ1n) is 13.7. The Morgan fingerprint density at radius 3 is 2.42 bits per heavy atom. The largest absolute Gasteiger partial charge is 0.490 e. The van der Waals surface area contributed by atoms with Crippen molar-refractivity contribution in [3.8, 4) is 11.5 Å². The van der Waals surface area contributed by atoms with Crippen LogP contribution < -0.4 is 25.5 Å². The molecule has 1 aliphatic rings. The van der Waals surface area contributed by atoms with Gasteiger partial charge in [0.1, 0.15) is 0 Å². The Kier molecular flexibility index (Phi) is 11.1. The molecule has 3 N–H and O–H groups in total. The Bertz CT molecular complexity index is 1540. The van der Waals surface area contributed by atoms with Gasteiger partial charge in [0, 0.05) is 11.1 Å². The molecule has 3 aromatic carbocycles. The van der Waals surface area contributed by atoms with Crippen molar-refractivity contribution < 1.29 is 28.7 Å². The van der Waals surface area contributed by atoms with Gasteiger partial charge in [-0.05, 0) is 73.9 Å². The number of hydrogen-bond acceptors (Lipinski definition) is 7. The van der Waals surface area contributed by atoms with Crippen molar-refractivity contribution in [2.24, 2.45) is 5.10 Å². The molecular weight excluding hydrogens is 595 g/mol. The second kappa shape index (κ2) is 15.2. The highest BCUT2D eigenvalue weighted by atomic mass is 35.5. The number of carbonyl (C=O) groups excluding carboxylic acids is 4. The van der Waals surface area contributed by atoms with Gasteiger partial charge in [-0.2, -0.15) is 5.10 Å². The number of ether oxygens (including phenoxy) is 2. The maximum atomic E-state index is 12.8. The van der Waals surface area contributed by atoms with Gasteiger partial charge in [-0.3, -0.25) is 14.4 Å². The molecule has 0 radical (unpaired) electrons. The fourth-order valence-electron chi connectivity index (χ4n) is 4.46. The van der Waals surface area contributed by atoms with E-state index in [2.05, 4.69) is 21.2 Å². The van der Waals surface area contributed by atoms with Gasteiger partial charge in [0.25, 0.3) is 5.91 Å². The smallest absolute Gasteiger partial charge is 0.345 e. The van der Waals surface area contributed by atoms with Crippen molar-refractivity contribution in [3.63, 3.8) is 0 Å². The van der Waals surface area contributed by atoms with E-state index >= 15 is 0 Å². The van der Waals surface area contributed by atoms with Crippen LogP contribution in [-0.4, -0.2) is 42.6 Å². The molecule has 10 nitrogen and oxygen atoms in total. The topological polar surface area (TPSA) is 135 Å². The van der Waals surface area contributed by atoms with Crippen LogP contribution in [-0.2, 0) is 9.59 Å². The van der Waals surface area contributed by atoms with E-state index in [4.69, 9.17) is 32.7 Å². The van der Waals surface area contributed by atoms with Crippen LogP contribution in [0, 0.1) is 0 Å². The molecule has 0 unspecified atom stereocenters. The van der Waals surface area contributed by atoms with Crippen LogP contribution in [0.2, 0.25) is 10.0 Å². The van der Waals surface area contributed by atoms with Gasteiger partial charge in [-0.15, -0.1) is 0 Å². The van der Waals surface area contributed by atoms with Crippen LogP contribution in [0.5, 0.6) is 11.5 Å². The Morgan fingerprint density at radius 2 is 1.67 bits per heavy atom. The van der Waals surface area contributed by atoms with Crippen molar-refractivity contribution in [1.82, 2.24) is 10.7 Å². The minimum atomic E-state index is -1.03. The lowest BCUT2D eigenvalue weighted by atomic mass is 9.95. The van der Waals surface area contributed by atoms with Gasteiger partial charge in [-0.1, -0.05) is 54.6 Å².